The molecule has 96 valence electrons. The maximum absolute atomic E-state index is 11.0. The van der Waals surface area contributed by atoms with Gasteiger partial charge in [-0.05, 0) is 12.1 Å². The molecule has 0 atom stereocenters. The fraction of sp³-hybridized carbons (Fsp3) is 0.0909. The fourth-order valence-electron chi connectivity index (χ4n) is 1.50. The van der Waals surface area contributed by atoms with E-state index in [9.17, 15) is 14.9 Å². The third-order valence-electron chi connectivity index (χ3n) is 2.36. The van der Waals surface area contributed by atoms with E-state index in [1.807, 2.05) is 6.07 Å². The van der Waals surface area contributed by atoms with Crippen LogP contribution in [0.4, 0.5) is 11.4 Å². The molecule has 2 rings (SSSR count). The number of nitro benzene ring substituents is 1. The molecule has 0 radical (unpaired) electrons. The molecule has 19 heavy (non-hydrogen) atoms. The molecule has 1 heterocycles. The quantitative estimate of drug-likeness (QED) is 0.653. The highest BCUT2D eigenvalue weighted by atomic mass is 32.1. The molecule has 2 N–H and O–H groups in total. The molecule has 1 aromatic carbocycles. The number of nitro groups is 1. The molecular weight excluding hydrogens is 268 g/mol. The highest BCUT2D eigenvalue weighted by molar-refractivity contribution is 7.07. The van der Waals surface area contributed by atoms with Crippen LogP contribution in [0.5, 0.6) is 0 Å². The standard InChI is InChI=1S/C11H8N4O3S/c12-4-7-1-2-10(15(17)18)9(3-7)13-5-8-6-19-11(16)14-8/h1-3,6,13H,5H2,(H,14,16). The van der Waals surface area contributed by atoms with Crippen LogP contribution in [-0.4, -0.2) is 9.91 Å². The molecule has 0 aliphatic heterocycles. The number of aromatic amines is 1. The summed E-state index contributed by atoms with van der Waals surface area (Å²) in [6, 6.07) is 5.98. The van der Waals surface area contributed by atoms with Crippen LogP contribution in [-0.2, 0) is 6.54 Å². The Hall–Kier alpha value is -2.66. The number of benzene rings is 1. The van der Waals surface area contributed by atoms with Crippen LogP contribution in [0.25, 0.3) is 0 Å². The minimum absolute atomic E-state index is 0.114. The van der Waals surface area contributed by atoms with Crippen LogP contribution in [0.1, 0.15) is 11.3 Å². The second-order valence-corrected chi connectivity index (χ2v) is 4.47. The van der Waals surface area contributed by atoms with Crippen molar-refractivity contribution in [3.63, 3.8) is 0 Å². The number of thiazole rings is 1. The molecule has 2 aromatic rings. The fourth-order valence-corrected chi connectivity index (χ4v) is 2.08. The minimum atomic E-state index is -0.528. The lowest BCUT2D eigenvalue weighted by Crippen LogP contribution is -2.05. The molecular formula is C11H8N4O3S. The van der Waals surface area contributed by atoms with Gasteiger partial charge in [-0.3, -0.25) is 14.9 Å². The molecule has 1 aromatic heterocycles. The van der Waals surface area contributed by atoms with E-state index in [0.717, 1.165) is 11.3 Å². The number of nitrogens with one attached hydrogen (secondary N) is 2. The highest BCUT2D eigenvalue weighted by Crippen LogP contribution is 2.25. The van der Waals surface area contributed by atoms with E-state index in [0.29, 0.717) is 11.3 Å². The van der Waals surface area contributed by atoms with Gasteiger partial charge in [0, 0.05) is 17.1 Å². The van der Waals surface area contributed by atoms with Gasteiger partial charge in [-0.2, -0.15) is 5.26 Å². The number of rotatable bonds is 4. The zero-order valence-corrected chi connectivity index (χ0v) is 10.4. The Kier molecular flexibility index (Phi) is 3.58. The summed E-state index contributed by atoms with van der Waals surface area (Å²) in [6.45, 7) is 0.245. The average Bonchev–Trinajstić information content (AvgIpc) is 2.81. The minimum Gasteiger partial charge on any atom is -0.374 e. The van der Waals surface area contributed by atoms with Crippen LogP contribution in [0.2, 0.25) is 0 Å². The number of nitriles is 1. The van der Waals surface area contributed by atoms with Gasteiger partial charge in [-0.15, -0.1) is 0 Å². The lowest BCUT2D eigenvalue weighted by Gasteiger charge is -2.05. The summed E-state index contributed by atoms with van der Waals surface area (Å²) in [5.74, 6) is 0. The SMILES string of the molecule is N#Cc1ccc([N+](=O)[O-])c(NCc2csc(=O)[nH]2)c1. The van der Waals surface area contributed by atoms with E-state index in [-0.39, 0.29) is 22.8 Å². The number of hydrogen-bond donors (Lipinski definition) is 2. The Labute approximate surface area is 111 Å². The van der Waals surface area contributed by atoms with Crippen molar-refractivity contribution in [3.05, 3.63) is 54.6 Å². The van der Waals surface area contributed by atoms with Crippen LogP contribution in [0.3, 0.4) is 0 Å². The van der Waals surface area contributed by atoms with Gasteiger partial charge < -0.3 is 10.3 Å². The molecule has 0 aliphatic carbocycles. The first kappa shape index (κ1) is 12.8. The van der Waals surface area contributed by atoms with Gasteiger partial charge in [0.2, 0.25) is 0 Å². The van der Waals surface area contributed by atoms with Crippen molar-refractivity contribution < 1.29 is 4.92 Å². The van der Waals surface area contributed by atoms with E-state index in [2.05, 4.69) is 10.3 Å². The van der Waals surface area contributed by atoms with Gasteiger partial charge >= 0.3 is 4.87 Å². The Morgan fingerprint density at radius 2 is 2.32 bits per heavy atom. The van der Waals surface area contributed by atoms with Crippen LogP contribution >= 0.6 is 11.3 Å². The maximum Gasteiger partial charge on any atom is 0.304 e. The largest absolute Gasteiger partial charge is 0.374 e. The van der Waals surface area contributed by atoms with Crippen LogP contribution in [0.15, 0.2) is 28.4 Å². The Bertz CT molecular complexity index is 713. The van der Waals surface area contributed by atoms with E-state index in [1.165, 1.54) is 18.2 Å². The zero-order chi connectivity index (χ0) is 13.8. The van der Waals surface area contributed by atoms with Crippen LogP contribution in [0, 0.1) is 21.4 Å². The van der Waals surface area contributed by atoms with Gasteiger partial charge in [0.15, 0.2) is 0 Å². The lowest BCUT2D eigenvalue weighted by molar-refractivity contribution is -0.384. The average molecular weight is 276 g/mol. The smallest absolute Gasteiger partial charge is 0.304 e. The van der Waals surface area contributed by atoms with Gasteiger partial charge in [0.25, 0.3) is 5.69 Å². The summed E-state index contributed by atoms with van der Waals surface area (Å²) >= 11 is 1.02. The number of aromatic nitrogens is 1. The monoisotopic (exact) mass is 276 g/mol. The first-order valence-electron chi connectivity index (χ1n) is 5.19. The first-order valence-corrected chi connectivity index (χ1v) is 6.07. The summed E-state index contributed by atoms with van der Waals surface area (Å²) in [5.41, 5.74) is 1.09. The van der Waals surface area contributed by atoms with E-state index in [4.69, 9.17) is 5.26 Å². The third kappa shape index (κ3) is 2.97. The van der Waals surface area contributed by atoms with Gasteiger partial charge in [-0.25, -0.2) is 0 Å². The second-order valence-electron chi connectivity index (χ2n) is 3.63. The third-order valence-corrected chi connectivity index (χ3v) is 3.08. The first-order chi connectivity index (χ1) is 9.10. The van der Waals surface area contributed by atoms with E-state index in [1.54, 1.807) is 5.38 Å². The van der Waals surface area contributed by atoms with Crippen molar-refractivity contribution in [2.24, 2.45) is 0 Å². The Morgan fingerprint density at radius 3 is 2.89 bits per heavy atom. The van der Waals surface area contributed by atoms with Crippen LogP contribution < -0.4 is 10.2 Å². The summed E-state index contributed by atoms with van der Waals surface area (Å²) in [6.07, 6.45) is 0. The topological polar surface area (TPSA) is 112 Å². The van der Waals surface area contributed by atoms with Crippen molar-refractivity contribution in [3.8, 4) is 6.07 Å². The van der Waals surface area contributed by atoms with Crippen molar-refractivity contribution >= 4 is 22.7 Å². The van der Waals surface area contributed by atoms with Gasteiger partial charge in [0.05, 0.1) is 23.1 Å². The van der Waals surface area contributed by atoms with E-state index < -0.39 is 4.92 Å². The lowest BCUT2D eigenvalue weighted by atomic mass is 10.2. The predicted octanol–water partition coefficient (Wildman–Crippen LogP) is 1.83. The van der Waals surface area contributed by atoms with Gasteiger partial charge in [0.1, 0.15) is 5.69 Å². The summed E-state index contributed by atoms with van der Waals surface area (Å²) in [4.78, 5) is 23.7. The Morgan fingerprint density at radius 1 is 1.53 bits per heavy atom. The summed E-state index contributed by atoms with van der Waals surface area (Å²) in [7, 11) is 0. The second kappa shape index (κ2) is 5.32. The molecule has 0 amide bonds. The summed E-state index contributed by atoms with van der Waals surface area (Å²) < 4.78 is 0. The predicted molar refractivity (Wildman–Crippen MR) is 70.1 cm³/mol. The molecule has 8 heteroatoms. The number of nitrogens with zero attached hydrogens (tertiary/aromatic N) is 2. The van der Waals surface area contributed by atoms with Gasteiger partial charge in [-0.1, -0.05) is 11.3 Å². The number of anilines is 1. The normalized spacial score (nSPS) is 9.84. The molecule has 0 aliphatic rings. The molecule has 0 bridgehead atoms. The Balaban J connectivity index is 2.25. The molecule has 0 fully saturated rings. The van der Waals surface area contributed by atoms with Crippen molar-refractivity contribution in [1.82, 2.24) is 4.98 Å². The number of H-pyrrole nitrogens is 1. The zero-order valence-electron chi connectivity index (χ0n) is 9.54. The van der Waals surface area contributed by atoms with Crippen molar-refractivity contribution in [2.45, 2.75) is 6.54 Å². The molecule has 0 saturated carbocycles. The molecule has 0 spiro atoms. The van der Waals surface area contributed by atoms with Crippen molar-refractivity contribution in [2.75, 3.05) is 5.32 Å². The molecule has 0 unspecified atom stereocenters. The van der Waals surface area contributed by atoms with E-state index >= 15 is 0 Å². The molecule has 0 saturated heterocycles. The summed E-state index contributed by atoms with van der Waals surface area (Å²) in [5, 5.41) is 24.1. The van der Waals surface area contributed by atoms with Crippen molar-refractivity contribution in [1.29, 1.82) is 5.26 Å². The highest BCUT2D eigenvalue weighted by Gasteiger charge is 2.14. The maximum atomic E-state index is 11.0. The molecule has 7 nitrogen and oxygen atoms in total. The number of hydrogen-bond acceptors (Lipinski definition) is 6.